The van der Waals surface area contributed by atoms with Crippen LogP contribution in [0.1, 0.15) is 13.8 Å². The second-order valence-electron chi connectivity index (χ2n) is 6.91. The highest BCUT2D eigenvalue weighted by Crippen LogP contribution is 2.29. The summed E-state index contributed by atoms with van der Waals surface area (Å²) in [6.07, 6.45) is 3.32. The van der Waals surface area contributed by atoms with E-state index >= 15 is 0 Å². The van der Waals surface area contributed by atoms with Gasteiger partial charge in [-0.3, -0.25) is 4.98 Å². The first-order chi connectivity index (χ1) is 13.2. The van der Waals surface area contributed by atoms with E-state index in [9.17, 15) is 9.32 Å². The van der Waals surface area contributed by atoms with E-state index in [1.807, 2.05) is 12.1 Å². The lowest BCUT2D eigenvalue weighted by atomic mass is 10.1. The van der Waals surface area contributed by atoms with Crippen molar-refractivity contribution in [3.05, 3.63) is 48.8 Å². The zero-order chi connectivity index (χ0) is 20.4. The Morgan fingerprint density at radius 3 is 2.46 bits per heavy atom. The monoisotopic (exact) mass is 401 g/mol. The fraction of sp³-hybridized carbons (Fsp3) is 0.263. The van der Waals surface area contributed by atoms with Crippen LogP contribution >= 0.6 is 0 Å². The van der Waals surface area contributed by atoms with Crippen LogP contribution in [0.4, 0.5) is 11.4 Å². The van der Waals surface area contributed by atoms with Gasteiger partial charge in [-0.15, -0.1) is 0 Å². The number of hydrogen-bond donors (Lipinski definition) is 4. The molecule has 0 saturated heterocycles. The van der Waals surface area contributed by atoms with Crippen LogP contribution in [0.15, 0.2) is 53.7 Å². The maximum absolute atomic E-state index is 12.5. The maximum atomic E-state index is 12.5. The van der Waals surface area contributed by atoms with E-state index in [2.05, 4.69) is 20.0 Å². The lowest BCUT2D eigenvalue weighted by Crippen LogP contribution is -2.37. The van der Waals surface area contributed by atoms with E-state index in [-0.39, 0.29) is 6.54 Å². The van der Waals surface area contributed by atoms with Gasteiger partial charge in [0, 0.05) is 35.7 Å². The molecule has 3 rings (SSSR count). The number of aromatic nitrogens is 2. The molecule has 1 aromatic carbocycles. The minimum absolute atomic E-state index is 0.0498. The third-order valence-corrected chi connectivity index (χ3v) is 5.48. The molecule has 2 aromatic heterocycles. The molecule has 0 fully saturated rings. The SMILES string of the molecule is COc1nccc2c(Nc3ccc(S(=N)(=O)NCC(C)(C)O)cc3)ccnc12. The molecule has 0 radical (unpaired) electrons. The summed E-state index contributed by atoms with van der Waals surface area (Å²) in [5, 5.41) is 13.9. The summed E-state index contributed by atoms with van der Waals surface area (Å²) >= 11 is 0. The number of pyridine rings is 2. The predicted octanol–water partition coefficient (Wildman–Crippen LogP) is 3.06. The molecule has 0 bridgehead atoms. The van der Waals surface area contributed by atoms with Crippen molar-refractivity contribution in [1.82, 2.24) is 14.7 Å². The lowest BCUT2D eigenvalue weighted by Gasteiger charge is -2.19. The van der Waals surface area contributed by atoms with E-state index in [4.69, 9.17) is 9.52 Å². The largest absolute Gasteiger partial charge is 0.479 e. The lowest BCUT2D eigenvalue weighted by molar-refractivity contribution is 0.0860. The Morgan fingerprint density at radius 2 is 1.82 bits per heavy atom. The van der Waals surface area contributed by atoms with Crippen molar-refractivity contribution in [2.75, 3.05) is 19.0 Å². The summed E-state index contributed by atoms with van der Waals surface area (Å²) in [7, 11) is -1.65. The highest BCUT2D eigenvalue weighted by atomic mass is 32.2. The summed E-state index contributed by atoms with van der Waals surface area (Å²) in [4.78, 5) is 8.82. The second kappa shape index (κ2) is 7.70. The van der Waals surface area contributed by atoms with Crippen molar-refractivity contribution in [2.45, 2.75) is 24.3 Å². The van der Waals surface area contributed by atoms with Gasteiger partial charge in [0.1, 0.15) is 15.4 Å². The minimum Gasteiger partial charge on any atom is -0.479 e. The summed E-state index contributed by atoms with van der Waals surface area (Å²) in [5.41, 5.74) is 1.19. The smallest absolute Gasteiger partial charge is 0.240 e. The van der Waals surface area contributed by atoms with E-state index in [0.717, 1.165) is 16.8 Å². The van der Waals surface area contributed by atoms with Crippen LogP contribution in [0, 0.1) is 4.78 Å². The molecular formula is C19H23N5O3S. The molecule has 4 N–H and O–H groups in total. The molecule has 0 amide bonds. The number of aliphatic hydroxyl groups is 1. The van der Waals surface area contributed by atoms with Gasteiger partial charge in [-0.1, -0.05) is 0 Å². The molecule has 3 aromatic rings. The predicted molar refractivity (Wildman–Crippen MR) is 109 cm³/mol. The van der Waals surface area contributed by atoms with Crippen molar-refractivity contribution in [2.24, 2.45) is 0 Å². The number of rotatable bonds is 7. The Balaban J connectivity index is 1.83. The average molecular weight is 401 g/mol. The van der Waals surface area contributed by atoms with Gasteiger partial charge in [-0.2, -0.15) is 0 Å². The van der Waals surface area contributed by atoms with Gasteiger partial charge in [0.15, 0.2) is 0 Å². The Labute approximate surface area is 164 Å². The quantitative estimate of drug-likeness (QED) is 0.483. The van der Waals surface area contributed by atoms with Crippen LogP contribution < -0.4 is 14.8 Å². The normalized spacial score (nSPS) is 13.9. The van der Waals surface area contributed by atoms with Crippen molar-refractivity contribution in [1.29, 1.82) is 4.78 Å². The summed E-state index contributed by atoms with van der Waals surface area (Å²) < 4.78 is 28.5. The third-order valence-electron chi connectivity index (χ3n) is 3.99. The average Bonchev–Trinajstić information content (AvgIpc) is 2.66. The number of hydrogen-bond acceptors (Lipinski definition) is 7. The van der Waals surface area contributed by atoms with E-state index in [1.165, 1.54) is 0 Å². The zero-order valence-electron chi connectivity index (χ0n) is 15.9. The molecule has 0 saturated carbocycles. The molecule has 0 aliphatic heterocycles. The van der Waals surface area contributed by atoms with Crippen molar-refractivity contribution in [3.8, 4) is 5.88 Å². The summed E-state index contributed by atoms with van der Waals surface area (Å²) in [6, 6.07) is 10.4. The van der Waals surface area contributed by atoms with Gasteiger partial charge < -0.3 is 15.2 Å². The van der Waals surface area contributed by atoms with Crippen molar-refractivity contribution >= 4 is 32.2 Å². The Kier molecular flexibility index (Phi) is 5.50. The molecule has 0 aliphatic carbocycles. The summed E-state index contributed by atoms with van der Waals surface area (Å²) in [6.45, 7) is 3.23. The number of nitrogens with zero attached hydrogens (tertiary/aromatic N) is 2. The number of benzene rings is 1. The maximum Gasteiger partial charge on any atom is 0.240 e. The highest BCUT2D eigenvalue weighted by molar-refractivity contribution is 7.90. The first-order valence-corrected chi connectivity index (χ1v) is 10.2. The first kappa shape index (κ1) is 20.0. The van der Waals surface area contributed by atoms with Crippen LogP contribution in [0.2, 0.25) is 0 Å². The third kappa shape index (κ3) is 4.56. The van der Waals surface area contributed by atoms with Crippen LogP contribution in [0.3, 0.4) is 0 Å². The zero-order valence-corrected chi connectivity index (χ0v) is 16.7. The van der Waals surface area contributed by atoms with Crippen molar-refractivity contribution < 1.29 is 14.1 Å². The fourth-order valence-electron chi connectivity index (χ4n) is 2.56. The van der Waals surface area contributed by atoms with E-state index in [0.29, 0.717) is 16.3 Å². The van der Waals surface area contributed by atoms with Crippen LogP contribution in [-0.4, -0.2) is 38.5 Å². The molecular weight excluding hydrogens is 378 g/mol. The Bertz CT molecular complexity index is 1080. The van der Waals surface area contributed by atoms with Crippen molar-refractivity contribution in [3.63, 3.8) is 0 Å². The molecule has 1 atom stereocenters. The molecule has 28 heavy (non-hydrogen) atoms. The van der Waals surface area contributed by atoms with Gasteiger partial charge in [0.05, 0.1) is 17.6 Å². The van der Waals surface area contributed by atoms with Crippen LogP contribution in [-0.2, 0) is 9.92 Å². The number of nitrogens with one attached hydrogen (secondary N) is 3. The molecule has 0 spiro atoms. The van der Waals surface area contributed by atoms with Gasteiger partial charge in [0.25, 0.3) is 0 Å². The standard InChI is InChI=1S/C19H23N5O3S/c1-19(2,25)12-23-28(20,26)14-6-4-13(5-7-14)24-16-9-11-21-17-15(16)8-10-22-18(17)27-3/h4-11,25H,12H2,1-3H3,(H,21,24)(H2,20,23,26). The number of anilines is 2. The topological polar surface area (TPSA) is 120 Å². The Hall–Kier alpha value is -2.75. The van der Waals surface area contributed by atoms with Gasteiger partial charge >= 0.3 is 0 Å². The Morgan fingerprint density at radius 1 is 1.14 bits per heavy atom. The van der Waals surface area contributed by atoms with Crippen LogP contribution in [0.5, 0.6) is 5.88 Å². The summed E-state index contributed by atoms with van der Waals surface area (Å²) in [5.74, 6) is 0.448. The number of fused-ring (bicyclic) bond motifs is 1. The first-order valence-electron chi connectivity index (χ1n) is 8.60. The second-order valence-corrected chi connectivity index (χ2v) is 8.79. The molecule has 2 heterocycles. The molecule has 9 heteroatoms. The highest BCUT2D eigenvalue weighted by Gasteiger charge is 2.17. The molecule has 8 nitrogen and oxygen atoms in total. The minimum atomic E-state index is -3.20. The molecule has 0 aliphatic rings. The van der Waals surface area contributed by atoms with E-state index < -0.39 is 15.5 Å². The van der Waals surface area contributed by atoms with Gasteiger partial charge in [0.2, 0.25) is 5.88 Å². The van der Waals surface area contributed by atoms with Gasteiger partial charge in [-0.05, 0) is 50.2 Å². The number of ether oxygens (including phenoxy) is 1. The van der Waals surface area contributed by atoms with Crippen LogP contribution in [0.25, 0.3) is 10.9 Å². The number of methoxy groups -OCH3 is 1. The fourth-order valence-corrected chi connectivity index (χ4v) is 3.80. The molecule has 1 unspecified atom stereocenters. The molecule has 148 valence electrons. The van der Waals surface area contributed by atoms with E-state index in [1.54, 1.807) is 57.6 Å². The van der Waals surface area contributed by atoms with Gasteiger partial charge in [-0.25, -0.2) is 18.7 Å².